The van der Waals surface area contributed by atoms with Crippen LogP contribution in [0.5, 0.6) is 0 Å². The molecule has 0 radical (unpaired) electrons. The van der Waals surface area contributed by atoms with Crippen LogP contribution in [0.3, 0.4) is 0 Å². The molecule has 3 heteroatoms. The van der Waals surface area contributed by atoms with Crippen LogP contribution in [0.4, 0.5) is 0 Å². The van der Waals surface area contributed by atoms with Crippen LogP contribution in [0.1, 0.15) is 136 Å². The van der Waals surface area contributed by atoms with Gasteiger partial charge in [0.15, 0.2) is 6.10 Å². The van der Waals surface area contributed by atoms with E-state index in [4.69, 9.17) is 4.74 Å². The Morgan fingerprint density at radius 3 is 1.55 bits per heavy atom. The van der Waals surface area contributed by atoms with E-state index >= 15 is 0 Å². The van der Waals surface area contributed by atoms with Crippen molar-refractivity contribution in [1.82, 2.24) is 0 Å². The molecule has 1 unspecified atom stereocenters. The topological polar surface area (TPSA) is 46.5 Å². The molecular formula is C26H50O3. The van der Waals surface area contributed by atoms with E-state index in [0.717, 1.165) is 12.8 Å². The Morgan fingerprint density at radius 1 is 0.690 bits per heavy atom. The summed E-state index contributed by atoms with van der Waals surface area (Å²) in [6, 6.07) is 0. The van der Waals surface area contributed by atoms with Gasteiger partial charge in [0.1, 0.15) is 0 Å². The first kappa shape index (κ1) is 28.2. The zero-order valence-corrected chi connectivity index (χ0v) is 19.6. The minimum absolute atomic E-state index is 0.339. The largest absolute Gasteiger partial charge is 0.464 e. The van der Waals surface area contributed by atoms with Crippen molar-refractivity contribution in [1.29, 1.82) is 0 Å². The summed E-state index contributed by atoms with van der Waals surface area (Å²) in [5.41, 5.74) is 0. The second-order valence-corrected chi connectivity index (χ2v) is 8.41. The Labute approximate surface area is 181 Å². The number of aliphatic hydroxyl groups excluding tert-OH is 1. The van der Waals surface area contributed by atoms with Gasteiger partial charge in [0, 0.05) is 0 Å². The molecular weight excluding hydrogens is 360 g/mol. The van der Waals surface area contributed by atoms with Gasteiger partial charge in [0.2, 0.25) is 0 Å². The van der Waals surface area contributed by atoms with Crippen molar-refractivity contribution in [3.63, 3.8) is 0 Å². The lowest BCUT2D eigenvalue weighted by Crippen LogP contribution is -2.22. The number of hydrogen-bond acceptors (Lipinski definition) is 3. The van der Waals surface area contributed by atoms with E-state index < -0.39 is 12.1 Å². The normalized spacial score (nSPS) is 12.5. The van der Waals surface area contributed by atoms with Crippen LogP contribution in [0.25, 0.3) is 0 Å². The summed E-state index contributed by atoms with van der Waals surface area (Å²) in [6.07, 6.45) is 27.9. The third-order valence-electron chi connectivity index (χ3n) is 5.55. The molecule has 1 atom stereocenters. The van der Waals surface area contributed by atoms with E-state index in [0.29, 0.717) is 13.0 Å². The fourth-order valence-corrected chi connectivity index (χ4v) is 3.65. The van der Waals surface area contributed by atoms with Crippen LogP contribution >= 0.6 is 0 Å². The van der Waals surface area contributed by atoms with Crippen molar-refractivity contribution in [2.24, 2.45) is 0 Å². The Kier molecular flexibility index (Phi) is 22.8. The van der Waals surface area contributed by atoms with Gasteiger partial charge in [-0.3, -0.25) is 0 Å². The highest BCUT2D eigenvalue weighted by Crippen LogP contribution is 2.13. The lowest BCUT2D eigenvalue weighted by Gasteiger charge is -2.09. The molecule has 0 aliphatic heterocycles. The van der Waals surface area contributed by atoms with Crippen LogP contribution in [-0.2, 0) is 9.53 Å². The molecule has 0 saturated carbocycles. The molecule has 29 heavy (non-hydrogen) atoms. The molecule has 0 bridgehead atoms. The summed E-state index contributed by atoms with van der Waals surface area (Å²) in [7, 11) is 0. The fraction of sp³-hybridized carbons (Fsp3) is 0.885. The smallest absolute Gasteiger partial charge is 0.334 e. The van der Waals surface area contributed by atoms with E-state index in [2.05, 4.69) is 19.1 Å². The zero-order chi connectivity index (χ0) is 21.4. The average Bonchev–Trinajstić information content (AvgIpc) is 2.72. The van der Waals surface area contributed by atoms with Crippen molar-refractivity contribution in [3.05, 3.63) is 12.2 Å². The molecule has 1 N–H and O–H groups in total. The predicted molar refractivity (Wildman–Crippen MR) is 125 cm³/mol. The van der Waals surface area contributed by atoms with Gasteiger partial charge in [-0.2, -0.15) is 0 Å². The molecule has 0 aromatic carbocycles. The number of aliphatic hydroxyl groups is 1. The highest BCUT2D eigenvalue weighted by Gasteiger charge is 2.14. The zero-order valence-electron chi connectivity index (χ0n) is 19.6. The predicted octanol–water partition coefficient (Wildman–Crippen LogP) is 7.90. The summed E-state index contributed by atoms with van der Waals surface area (Å²) in [5, 5.41) is 9.62. The first-order valence-corrected chi connectivity index (χ1v) is 12.7. The van der Waals surface area contributed by atoms with Crippen molar-refractivity contribution in [2.45, 2.75) is 142 Å². The second-order valence-electron chi connectivity index (χ2n) is 8.41. The van der Waals surface area contributed by atoms with Crippen molar-refractivity contribution in [2.75, 3.05) is 6.61 Å². The Hall–Kier alpha value is -0.830. The minimum atomic E-state index is -0.930. The molecule has 0 aliphatic carbocycles. The first-order valence-electron chi connectivity index (χ1n) is 12.7. The van der Waals surface area contributed by atoms with Crippen LogP contribution in [0, 0.1) is 0 Å². The van der Waals surface area contributed by atoms with Gasteiger partial charge in [0.25, 0.3) is 0 Å². The van der Waals surface area contributed by atoms with E-state index in [9.17, 15) is 9.90 Å². The van der Waals surface area contributed by atoms with E-state index in [1.165, 1.54) is 103 Å². The van der Waals surface area contributed by atoms with E-state index in [1.54, 1.807) is 6.92 Å². The summed E-state index contributed by atoms with van der Waals surface area (Å²) >= 11 is 0. The van der Waals surface area contributed by atoms with Crippen LogP contribution < -0.4 is 0 Å². The summed E-state index contributed by atoms with van der Waals surface area (Å²) in [5.74, 6) is -0.471. The molecule has 0 rings (SSSR count). The summed E-state index contributed by atoms with van der Waals surface area (Å²) in [4.78, 5) is 11.3. The third kappa shape index (κ3) is 21.7. The molecule has 0 heterocycles. The lowest BCUT2D eigenvalue weighted by molar-refractivity contribution is -0.153. The van der Waals surface area contributed by atoms with Gasteiger partial charge in [-0.15, -0.1) is 0 Å². The molecule has 0 saturated heterocycles. The standard InChI is InChI=1S/C26H50O3/c1-3-5-6-7-8-9-10-11-12-13-14-15-16-17-18-19-20-21-22-23-24-25(27)26(28)29-4-2/h11-12,25,27H,3-10,13-24H2,1-2H3/b12-11-. The van der Waals surface area contributed by atoms with Gasteiger partial charge in [-0.25, -0.2) is 4.79 Å². The third-order valence-corrected chi connectivity index (χ3v) is 5.55. The fourth-order valence-electron chi connectivity index (χ4n) is 3.65. The molecule has 0 fully saturated rings. The number of rotatable bonds is 22. The Morgan fingerprint density at radius 2 is 1.10 bits per heavy atom. The SMILES string of the molecule is CCCCCCCC/C=C\CCCCCCCCCCCCC(O)C(=O)OCC. The molecule has 3 nitrogen and oxygen atoms in total. The molecule has 172 valence electrons. The Balaban J connectivity index is 3.18. The molecule has 0 aromatic rings. The second kappa shape index (κ2) is 23.4. The number of carbonyl (C=O) groups is 1. The Bertz CT molecular complexity index is 365. The van der Waals surface area contributed by atoms with Gasteiger partial charge in [-0.1, -0.05) is 109 Å². The summed E-state index contributed by atoms with van der Waals surface area (Å²) in [6.45, 7) is 4.38. The first-order chi connectivity index (χ1) is 14.2. The number of ether oxygens (including phenoxy) is 1. The van der Waals surface area contributed by atoms with Crippen molar-refractivity contribution in [3.8, 4) is 0 Å². The van der Waals surface area contributed by atoms with Gasteiger partial charge >= 0.3 is 5.97 Å². The maximum Gasteiger partial charge on any atom is 0.334 e. The number of allylic oxidation sites excluding steroid dienone is 2. The van der Waals surface area contributed by atoms with Gasteiger partial charge in [0.05, 0.1) is 6.61 Å². The van der Waals surface area contributed by atoms with Gasteiger partial charge in [-0.05, 0) is 39.0 Å². The molecule has 0 aliphatic rings. The van der Waals surface area contributed by atoms with Crippen LogP contribution in [0.2, 0.25) is 0 Å². The van der Waals surface area contributed by atoms with E-state index in [-0.39, 0.29) is 0 Å². The quantitative estimate of drug-likeness (QED) is 0.112. The average molecular weight is 411 g/mol. The summed E-state index contributed by atoms with van der Waals surface area (Å²) < 4.78 is 4.81. The number of esters is 1. The number of hydrogen-bond donors (Lipinski definition) is 1. The molecule has 0 aromatic heterocycles. The monoisotopic (exact) mass is 410 g/mol. The maximum atomic E-state index is 11.3. The number of carbonyl (C=O) groups excluding carboxylic acids is 1. The maximum absolute atomic E-state index is 11.3. The lowest BCUT2D eigenvalue weighted by atomic mass is 10.0. The minimum Gasteiger partial charge on any atom is -0.464 e. The number of unbranched alkanes of at least 4 members (excludes halogenated alkanes) is 16. The van der Waals surface area contributed by atoms with Crippen molar-refractivity contribution >= 4 is 5.97 Å². The van der Waals surface area contributed by atoms with E-state index in [1.807, 2.05) is 0 Å². The molecule has 0 amide bonds. The highest BCUT2D eigenvalue weighted by atomic mass is 16.5. The van der Waals surface area contributed by atoms with Gasteiger partial charge < -0.3 is 9.84 Å². The molecule has 0 spiro atoms. The van der Waals surface area contributed by atoms with Crippen LogP contribution in [-0.4, -0.2) is 23.8 Å². The van der Waals surface area contributed by atoms with Crippen LogP contribution in [0.15, 0.2) is 12.2 Å². The van der Waals surface area contributed by atoms with Crippen molar-refractivity contribution < 1.29 is 14.6 Å². The highest BCUT2D eigenvalue weighted by molar-refractivity contribution is 5.74.